The van der Waals surface area contributed by atoms with Crippen molar-refractivity contribution in [1.29, 1.82) is 0 Å². The molecule has 1 N–H and O–H groups in total. The Morgan fingerprint density at radius 2 is 1.69 bits per heavy atom. The van der Waals surface area contributed by atoms with E-state index in [0.717, 1.165) is 56.7 Å². The maximum atomic E-state index is 12.7. The molecule has 0 bridgehead atoms. The minimum atomic E-state index is -4.32. The summed E-state index contributed by atoms with van der Waals surface area (Å²) < 4.78 is 37.9. The van der Waals surface area contributed by atoms with Gasteiger partial charge >= 0.3 is 6.18 Å². The molecule has 0 saturated carbocycles. The van der Waals surface area contributed by atoms with Crippen molar-refractivity contribution in [1.82, 2.24) is 10.2 Å². The lowest BCUT2D eigenvalue weighted by atomic mass is 9.92. The number of hydrogen-bond acceptors (Lipinski definition) is 2. The van der Waals surface area contributed by atoms with Crippen molar-refractivity contribution in [2.75, 3.05) is 26.2 Å². The molecule has 1 amide bonds. The molecule has 26 heavy (non-hydrogen) atoms. The number of carbonyl (C=O) groups is 1. The number of amides is 1. The van der Waals surface area contributed by atoms with E-state index in [1.165, 1.54) is 12.1 Å². The molecule has 0 aliphatic carbocycles. The van der Waals surface area contributed by atoms with E-state index in [1.807, 2.05) is 11.8 Å². The van der Waals surface area contributed by atoms with Crippen LogP contribution in [0, 0.1) is 17.8 Å². The first-order valence-electron chi connectivity index (χ1n) is 9.00. The van der Waals surface area contributed by atoms with Crippen molar-refractivity contribution >= 4 is 18.3 Å². The van der Waals surface area contributed by atoms with E-state index in [0.29, 0.717) is 18.3 Å². The van der Waals surface area contributed by atoms with Gasteiger partial charge in [-0.25, -0.2) is 0 Å². The van der Waals surface area contributed by atoms with Crippen molar-refractivity contribution in [2.24, 2.45) is 17.8 Å². The number of nitrogens with zero attached hydrogens (tertiary/aromatic N) is 1. The van der Waals surface area contributed by atoms with Gasteiger partial charge in [0.25, 0.3) is 0 Å². The van der Waals surface area contributed by atoms with Gasteiger partial charge in [0.15, 0.2) is 0 Å². The third kappa shape index (κ3) is 4.92. The van der Waals surface area contributed by atoms with Crippen molar-refractivity contribution in [3.8, 4) is 0 Å². The Morgan fingerprint density at radius 1 is 1.15 bits per heavy atom. The third-order valence-electron chi connectivity index (χ3n) is 5.58. The SMILES string of the molecule is CC(Cc1ccc(C(F)(F)F)cc1)C(=O)N1CC[C@@H]2CNC[C@@H]2CC1.Cl. The van der Waals surface area contributed by atoms with Crippen LogP contribution in [0.15, 0.2) is 24.3 Å². The number of halogens is 4. The maximum Gasteiger partial charge on any atom is 0.416 e. The Labute approximate surface area is 158 Å². The average Bonchev–Trinajstić information content (AvgIpc) is 2.92. The number of likely N-dealkylation sites (tertiary alicyclic amines) is 1. The summed E-state index contributed by atoms with van der Waals surface area (Å²) in [6.07, 6.45) is -1.77. The molecule has 1 aromatic rings. The molecule has 3 atom stereocenters. The van der Waals surface area contributed by atoms with Gasteiger partial charge in [-0.2, -0.15) is 13.2 Å². The molecule has 3 nitrogen and oxygen atoms in total. The molecular formula is C19H26ClF3N2O. The fourth-order valence-corrected chi connectivity index (χ4v) is 4.02. The molecule has 1 unspecified atom stereocenters. The van der Waals surface area contributed by atoms with Gasteiger partial charge in [-0.15, -0.1) is 12.4 Å². The second-order valence-electron chi connectivity index (χ2n) is 7.38. The van der Waals surface area contributed by atoms with Gasteiger partial charge in [-0.1, -0.05) is 19.1 Å². The van der Waals surface area contributed by atoms with Crippen LogP contribution in [0.5, 0.6) is 0 Å². The molecule has 7 heteroatoms. The summed E-state index contributed by atoms with van der Waals surface area (Å²) in [6, 6.07) is 5.13. The molecule has 0 spiro atoms. The number of benzene rings is 1. The van der Waals surface area contributed by atoms with Crippen LogP contribution in [0.2, 0.25) is 0 Å². The van der Waals surface area contributed by atoms with Crippen LogP contribution in [0.4, 0.5) is 13.2 Å². The number of carbonyl (C=O) groups excluding carboxylic acids is 1. The van der Waals surface area contributed by atoms with E-state index in [1.54, 1.807) is 0 Å². The molecule has 2 aliphatic heterocycles. The normalized spacial score (nSPS) is 24.4. The summed E-state index contributed by atoms with van der Waals surface area (Å²) in [5.41, 5.74) is 0.118. The van der Waals surface area contributed by atoms with Gasteiger partial charge in [0.05, 0.1) is 5.56 Å². The smallest absolute Gasteiger partial charge is 0.342 e. The van der Waals surface area contributed by atoms with Gasteiger partial charge < -0.3 is 10.2 Å². The molecule has 2 fully saturated rings. The van der Waals surface area contributed by atoms with Gasteiger partial charge in [-0.3, -0.25) is 4.79 Å². The number of fused-ring (bicyclic) bond motifs is 1. The lowest BCUT2D eigenvalue weighted by Crippen LogP contribution is -2.37. The lowest BCUT2D eigenvalue weighted by molar-refractivity contribution is -0.137. The number of nitrogens with one attached hydrogen (secondary N) is 1. The Hall–Kier alpha value is -1.27. The van der Waals surface area contributed by atoms with Crippen LogP contribution in [-0.4, -0.2) is 37.0 Å². The van der Waals surface area contributed by atoms with Crippen LogP contribution >= 0.6 is 12.4 Å². The Balaban J connectivity index is 0.00000243. The summed E-state index contributed by atoms with van der Waals surface area (Å²) in [4.78, 5) is 14.7. The monoisotopic (exact) mass is 390 g/mol. The molecule has 1 aromatic carbocycles. The van der Waals surface area contributed by atoms with E-state index in [9.17, 15) is 18.0 Å². The quantitative estimate of drug-likeness (QED) is 0.852. The predicted octanol–water partition coefficient (Wildman–Crippen LogP) is 3.76. The Bertz CT molecular complexity index is 592. The first-order valence-corrected chi connectivity index (χ1v) is 9.00. The topological polar surface area (TPSA) is 32.3 Å². The minimum absolute atomic E-state index is 0. The van der Waals surface area contributed by atoms with Crippen molar-refractivity contribution < 1.29 is 18.0 Å². The highest BCUT2D eigenvalue weighted by atomic mass is 35.5. The number of hydrogen-bond donors (Lipinski definition) is 1. The van der Waals surface area contributed by atoms with Crippen molar-refractivity contribution in [3.63, 3.8) is 0 Å². The fraction of sp³-hybridized carbons (Fsp3) is 0.632. The molecule has 0 aromatic heterocycles. The second kappa shape index (κ2) is 8.61. The van der Waals surface area contributed by atoms with Crippen molar-refractivity contribution in [3.05, 3.63) is 35.4 Å². The molecule has 146 valence electrons. The highest BCUT2D eigenvalue weighted by Gasteiger charge is 2.33. The molecular weight excluding hydrogens is 365 g/mol. The summed E-state index contributed by atoms with van der Waals surface area (Å²) in [6.45, 7) is 5.55. The average molecular weight is 391 g/mol. The van der Waals surface area contributed by atoms with Crippen LogP contribution in [-0.2, 0) is 17.4 Å². The predicted molar refractivity (Wildman–Crippen MR) is 97.2 cm³/mol. The van der Waals surface area contributed by atoms with E-state index in [4.69, 9.17) is 0 Å². The van der Waals surface area contributed by atoms with E-state index in [2.05, 4.69) is 5.32 Å². The van der Waals surface area contributed by atoms with E-state index >= 15 is 0 Å². The minimum Gasteiger partial charge on any atom is -0.342 e. The van der Waals surface area contributed by atoms with Gasteiger partial charge in [0, 0.05) is 19.0 Å². The molecule has 3 rings (SSSR count). The lowest BCUT2D eigenvalue weighted by Gasteiger charge is -2.24. The second-order valence-corrected chi connectivity index (χ2v) is 7.38. The zero-order chi connectivity index (χ0) is 18.0. The van der Waals surface area contributed by atoms with E-state index in [-0.39, 0.29) is 24.2 Å². The summed E-state index contributed by atoms with van der Waals surface area (Å²) >= 11 is 0. The standard InChI is InChI=1S/C19H25F3N2O.ClH/c1-13(10-14-2-4-17(5-3-14)19(20,21)22)18(25)24-8-6-15-11-23-12-16(15)7-9-24;/h2-5,13,15-16,23H,6-12H2,1H3;1H/t13?,15-,16+;. The first kappa shape index (κ1) is 21.0. The van der Waals surface area contributed by atoms with Crippen LogP contribution in [0.1, 0.15) is 30.9 Å². The Kier molecular flexibility index (Phi) is 6.97. The maximum absolute atomic E-state index is 12.7. The fourth-order valence-electron chi connectivity index (χ4n) is 4.02. The molecule has 2 heterocycles. The summed E-state index contributed by atoms with van der Waals surface area (Å²) in [5, 5.41) is 3.42. The highest BCUT2D eigenvalue weighted by Crippen LogP contribution is 2.30. The number of alkyl halides is 3. The molecule has 2 aliphatic rings. The third-order valence-corrected chi connectivity index (χ3v) is 5.58. The number of rotatable bonds is 3. The van der Waals surface area contributed by atoms with Gasteiger partial charge in [0.1, 0.15) is 0 Å². The van der Waals surface area contributed by atoms with Crippen LogP contribution in [0.3, 0.4) is 0 Å². The van der Waals surface area contributed by atoms with E-state index < -0.39 is 11.7 Å². The highest BCUT2D eigenvalue weighted by molar-refractivity contribution is 5.85. The summed E-state index contributed by atoms with van der Waals surface area (Å²) in [5.74, 6) is 1.24. The first-order chi connectivity index (χ1) is 11.8. The van der Waals surface area contributed by atoms with Gasteiger partial charge in [0.2, 0.25) is 5.91 Å². The van der Waals surface area contributed by atoms with Crippen LogP contribution in [0.25, 0.3) is 0 Å². The summed E-state index contributed by atoms with van der Waals surface area (Å²) in [7, 11) is 0. The Morgan fingerprint density at radius 3 is 2.19 bits per heavy atom. The zero-order valence-electron chi connectivity index (χ0n) is 14.9. The van der Waals surface area contributed by atoms with Crippen molar-refractivity contribution in [2.45, 2.75) is 32.4 Å². The largest absolute Gasteiger partial charge is 0.416 e. The molecule has 0 radical (unpaired) electrons. The zero-order valence-corrected chi connectivity index (χ0v) is 15.7. The van der Waals surface area contributed by atoms with Crippen LogP contribution < -0.4 is 5.32 Å². The molecule has 2 saturated heterocycles. The van der Waals surface area contributed by atoms with Gasteiger partial charge in [-0.05, 0) is 61.9 Å².